The lowest BCUT2D eigenvalue weighted by Crippen LogP contribution is -2.42. The predicted octanol–water partition coefficient (Wildman–Crippen LogP) is 0.382. The highest BCUT2D eigenvalue weighted by Crippen LogP contribution is 2.12. The molecule has 1 fully saturated rings. The second-order valence-corrected chi connectivity index (χ2v) is 4.65. The molecule has 3 nitrogen and oxygen atoms in total. The Labute approximate surface area is 74.1 Å². The summed E-state index contributed by atoms with van der Waals surface area (Å²) in [5.74, 6) is 0. The first-order valence-electron chi connectivity index (χ1n) is 4.48. The molecule has 0 radical (unpaired) electrons. The van der Waals surface area contributed by atoms with Gasteiger partial charge in [0.05, 0.1) is 25.4 Å². The fourth-order valence-corrected chi connectivity index (χ4v) is 1.18. The smallest absolute Gasteiger partial charge is 0.0948 e. The van der Waals surface area contributed by atoms with E-state index in [0.717, 1.165) is 6.54 Å². The van der Waals surface area contributed by atoms with Crippen LogP contribution >= 0.6 is 0 Å². The molecule has 0 spiro atoms. The molecule has 1 aliphatic heterocycles. The van der Waals surface area contributed by atoms with Gasteiger partial charge in [0.15, 0.2) is 0 Å². The number of ether oxygens (including phenoxy) is 1. The molecule has 1 rings (SSSR count). The van der Waals surface area contributed by atoms with Crippen LogP contribution in [0.2, 0.25) is 0 Å². The molecule has 0 bridgehead atoms. The Morgan fingerprint density at radius 1 is 1.42 bits per heavy atom. The molecule has 0 amide bonds. The number of rotatable bonds is 2. The second kappa shape index (κ2) is 3.73. The molecule has 12 heavy (non-hydrogen) atoms. The van der Waals surface area contributed by atoms with E-state index in [1.54, 1.807) is 0 Å². The predicted molar refractivity (Wildman–Crippen MR) is 48.1 cm³/mol. The lowest BCUT2D eigenvalue weighted by atomic mass is 9.96. The third kappa shape index (κ3) is 3.09. The van der Waals surface area contributed by atoms with Gasteiger partial charge in [0.25, 0.3) is 0 Å². The largest absolute Gasteiger partial charge is 0.389 e. The molecule has 1 aliphatic rings. The standard InChI is InChI=1S/C9H19NO2/c1-9(2,3)6-10-7-4-12-5-8(7)11/h7-8,10-11H,4-6H2,1-3H3/t7-,8+/m0/s1. The van der Waals surface area contributed by atoms with E-state index in [1.807, 2.05) is 0 Å². The Morgan fingerprint density at radius 2 is 2.08 bits per heavy atom. The van der Waals surface area contributed by atoms with Crippen molar-refractivity contribution in [2.45, 2.75) is 32.9 Å². The van der Waals surface area contributed by atoms with Gasteiger partial charge >= 0.3 is 0 Å². The van der Waals surface area contributed by atoms with Crippen LogP contribution in [0.1, 0.15) is 20.8 Å². The zero-order valence-corrected chi connectivity index (χ0v) is 8.13. The van der Waals surface area contributed by atoms with Crippen LogP contribution in [-0.4, -0.2) is 37.0 Å². The fraction of sp³-hybridized carbons (Fsp3) is 1.00. The van der Waals surface area contributed by atoms with E-state index in [-0.39, 0.29) is 17.6 Å². The van der Waals surface area contributed by atoms with Gasteiger partial charge in [-0.1, -0.05) is 20.8 Å². The Morgan fingerprint density at radius 3 is 2.50 bits per heavy atom. The van der Waals surface area contributed by atoms with E-state index >= 15 is 0 Å². The SMILES string of the molecule is CC(C)(C)CN[C@H]1COC[C@H]1O. The van der Waals surface area contributed by atoms with Crippen LogP contribution in [-0.2, 0) is 4.74 Å². The van der Waals surface area contributed by atoms with E-state index in [1.165, 1.54) is 0 Å². The summed E-state index contributed by atoms with van der Waals surface area (Å²) in [6.07, 6.45) is -0.327. The van der Waals surface area contributed by atoms with E-state index < -0.39 is 0 Å². The van der Waals surface area contributed by atoms with Crippen molar-refractivity contribution in [1.29, 1.82) is 0 Å². The molecule has 0 aromatic heterocycles. The molecule has 0 unspecified atom stereocenters. The van der Waals surface area contributed by atoms with Gasteiger partial charge < -0.3 is 15.2 Å². The molecule has 1 heterocycles. The van der Waals surface area contributed by atoms with Crippen LogP contribution < -0.4 is 5.32 Å². The molecule has 0 aromatic carbocycles. The summed E-state index contributed by atoms with van der Waals surface area (Å²) in [6, 6.07) is 0.129. The van der Waals surface area contributed by atoms with Crippen LogP contribution in [0.4, 0.5) is 0 Å². The first-order chi connectivity index (χ1) is 5.49. The summed E-state index contributed by atoms with van der Waals surface area (Å²) < 4.78 is 5.12. The quantitative estimate of drug-likeness (QED) is 0.634. The zero-order chi connectivity index (χ0) is 9.19. The third-order valence-corrected chi connectivity index (χ3v) is 1.95. The summed E-state index contributed by atoms with van der Waals surface area (Å²) in [4.78, 5) is 0. The number of hydrogen-bond donors (Lipinski definition) is 2. The molecule has 2 atom stereocenters. The van der Waals surface area contributed by atoms with Gasteiger partial charge in [0, 0.05) is 6.54 Å². The summed E-state index contributed by atoms with van der Waals surface area (Å²) in [7, 11) is 0. The molecule has 0 saturated carbocycles. The monoisotopic (exact) mass is 173 g/mol. The lowest BCUT2D eigenvalue weighted by molar-refractivity contribution is 0.121. The molecular formula is C9H19NO2. The van der Waals surface area contributed by atoms with E-state index in [9.17, 15) is 5.11 Å². The molecule has 3 heteroatoms. The van der Waals surface area contributed by atoms with Crippen LogP contribution in [0.3, 0.4) is 0 Å². The van der Waals surface area contributed by atoms with Crippen molar-refractivity contribution in [3.05, 3.63) is 0 Å². The average molecular weight is 173 g/mol. The molecule has 0 aromatic rings. The highest BCUT2D eigenvalue weighted by atomic mass is 16.5. The highest BCUT2D eigenvalue weighted by molar-refractivity contribution is 4.82. The topological polar surface area (TPSA) is 41.5 Å². The summed E-state index contributed by atoms with van der Waals surface area (Å²) >= 11 is 0. The Balaban J connectivity index is 2.23. The fourth-order valence-electron chi connectivity index (χ4n) is 1.18. The van der Waals surface area contributed by atoms with Crippen LogP contribution in [0.25, 0.3) is 0 Å². The maximum Gasteiger partial charge on any atom is 0.0948 e. The van der Waals surface area contributed by atoms with Crippen molar-refractivity contribution in [2.75, 3.05) is 19.8 Å². The van der Waals surface area contributed by atoms with Crippen molar-refractivity contribution in [2.24, 2.45) is 5.41 Å². The maximum absolute atomic E-state index is 9.40. The zero-order valence-electron chi connectivity index (χ0n) is 8.13. The van der Waals surface area contributed by atoms with Crippen molar-refractivity contribution in [3.8, 4) is 0 Å². The molecule has 0 aliphatic carbocycles. The van der Waals surface area contributed by atoms with E-state index in [4.69, 9.17) is 4.74 Å². The second-order valence-electron chi connectivity index (χ2n) is 4.65. The highest BCUT2D eigenvalue weighted by Gasteiger charge is 2.26. The van der Waals surface area contributed by atoms with Crippen LogP contribution in [0.15, 0.2) is 0 Å². The van der Waals surface area contributed by atoms with Crippen molar-refractivity contribution in [1.82, 2.24) is 5.32 Å². The minimum Gasteiger partial charge on any atom is -0.389 e. The summed E-state index contributed by atoms with van der Waals surface area (Å²) in [5.41, 5.74) is 0.266. The summed E-state index contributed by atoms with van der Waals surface area (Å²) in [5, 5.41) is 12.7. The van der Waals surface area contributed by atoms with Gasteiger partial charge in [-0.05, 0) is 5.41 Å². The van der Waals surface area contributed by atoms with Gasteiger partial charge in [0.2, 0.25) is 0 Å². The van der Waals surface area contributed by atoms with Crippen LogP contribution in [0.5, 0.6) is 0 Å². The summed E-state index contributed by atoms with van der Waals surface area (Å²) in [6.45, 7) is 8.53. The minimum atomic E-state index is -0.327. The number of hydrogen-bond acceptors (Lipinski definition) is 3. The van der Waals surface area contributed by atoms with Gasteiger partial charge in [0.1, 0.15) is 0 Å². The molecular weight excluding hydrogens is 154 g/mol. The van der Waals surface area contributed by atoms with Gasteiger partial charge in [-0.3, -0.25) is 0 Å². The van der Waals surface area contributed by atoms with E-state index in [0.29, 0.717) is 13.2 Å². The van der Waals surface area contributed by atoms with Gasteiger partial charge in [-0.2, -0.15) is 0 Å². The normalized spacial score (nSPS) is 31.0. The minimum absolute atomic E-state index is 0.129. The van der Waals surface area contributed by atoms with Gasteiger partial charge in [-0.15, -0.1) is 0 Å². The van der Waals surface area contributed by atoms with Crippen molar-refractivity contribution < 1.29 is 9.84 Å². The Bertz CT molecular complexity index is 142. The Hall–Kier alpha value is -0.120. The molecule has 1 saturated heterocycles. The van der Waals surface area contributed by atoms with Crippen LogP contribution in [0, 0.1) is 5.41 Å². The number of aliphatic hydroxyl groups excluding tert-OH is 1. The lowest BCUT2D eigenvalue weighted by Gasteiger charge is -2.22. The van der Waals surface area contributed by atoms with E-state index in [2.05, 4.69) is 26.1 Å². The third-order valence-electron chi connectivity index (χ3n) is 1.95. The molecule has 2 N–H and O–H groups in total. The maximum atomic E-state index is 9.40. The van der Waals surface area contributed by atoms with Crippen molar-refractivity contribution >= 4 is 0 Å². The number of aliphatic hydroxyl groups is 1. The van der Waals surface area contributed by atoms with Crippen molar-refractivity contribution in [3.63, 3.8) is 0 Å². The average Bonchev–Trinajstić information content (AvgIpc) is 2.29. The number of nitrogens with one attached hydrogen (secondary N) is 1. The Kier molecular flexibility index (Phi) is 3.09. The molecule has 72 valence electrons. The van der Waals surface area contributed by atoms with Gasteiger partial charge in [-0.25, -0.2) is 0 Å². The first kappa shape index (κ1) is 9.96. The first-order valence-corrected chi connectivity index (χ1v) is 4.48.